The number of benzene rings is 1. The third-order valence-corrected chi connectivity index (χ3v) is 4.00. The Labute approximate surface area is 129 Å². The summed E-state index contributed by atoms with van der Waals surface area (Å²) in [6, 6.07) is 9.66. The molecule has 3 rings (SSSR count). The molecule has 110 valence electrons. The lowest BCUT2D eigenvalue weighted by Crippen LogP contribution is -2.38. The summed E-state index contributed by atoms with van der Waals surface area (Å²) in [4.78, 5) is 10.8. The molecule has 0 N–H and O–H groups in total. The Morgan fingerprint density at radius 2 is 1.95 bits per heavy atom. The van der Waals surface area contributed by atoms with Crippen LogP contribution < -0.4 is 9.64 Å². The second kappa shape index (κ2) is 6.31. The van der Waals surface area contributed by atoms with Gasteiger partial charge in [0.05, 0.1) is 5.02 Å². The zero-order valence-corrected chi connectivity index (χ0v) is 12.8. The predicted octanol–water partition coefficient (Wildman–Crippen LogP) is 3.49. The first-order valence-corrected chi connectivity index (χ1v) is 7.55. The molecule has 5 heteroatoms. The molecule has 0 spiro atoms. The number of nitrogens with zero attached hydrogens (tertiary/aromatic N) is 3. The Hall–Kier alpha value is -1.81. The molecule has 0 saturated carbocycles. The fraction of sp³-hybridized carbons (Fsp3) is 0.375. The highest BCUT2D eigenvalue weighted by Gasteiger charge is 2.22. The van der Waals surface area contributed by atoms with Crippen LogP contribution in [0.2, 0.25) is 5.02 Å². The molecule has 1 saturated heterocycles. The van der Waals surface area contributed by atoms with Crippen LogP contribution in [0.15, 0.2) is 36.7 Å². The normalized spacial score (nSPS) is 16.0. The molecule has 0 aliphatic carbocycles. The first-order chi connectivity index (χ1) is 10.2. The Bertz CT molecular complexity index is 612. The molecule has 0 amide bonds. The van der Waals surface area contributed by atoms with Gasteiger partial charge >= 0.3 is 0 Å². The largest absolute Gasteiger partial charge is 0.489 e. The van der Waals surface area contributed by atoms with Crippen LogP contribution >= 0.6 is 11.6 Å². The fourth-order valence-electron chi connectivity index (χ4n) is 2.54. The molecule has 21 heavy (non-hydrogen) atoms. The molecular formula is C16H18ClN3O. The molecule has 1 aromatic heterocycles. The van der Waals surface area contributed by atoms with Gasteiger partial charge in [0.25, 0.3) is 0 Å². The molecule has 0 radical (unpaired) electrons. The molecule has 0 unspecified atom stereocenters. The highest BCUT2D eigenvalue weighted by Crippen LogP contribution is 2.27. The maximum Gasteiger partial charge on any atom is 0.138 e. The maximum atomic E-state index is 6.13. The van der Waals surface area contributed by atoms with E-state index in [1.54, 1.807) is 6.33 Å². The van der Waals surface area contributed by atoms with E-state index < -0.39 is 0 Å². The number of aryl methyl sites for hydroxylation is 1. The monoisotopic (exact) mass is 303 g/mol. The first kappa shape index (κ1) is 14.1. The smallest absolute Gasteiger partial charge is 0.138 e. The van der Waals surface area contributed by atoms with Crippen LogP contribution in [0.25, 0.3) is 0 Å². The molecule has 4 nitrogen and oxygen atoms in total. The first-order valence-electron chi connectivity index (χ1n) is 7.17. The Kier molecular flexibility index (Phi) is 4.25. The lowest BCUT2D eigenvalue weighted by molar-refractivity contribution is 0.171. The number of ether oxygens (including phenoxy) is 1. The highest BCUT2D eigenvalue weighted by atomic mass is 35.5. The minimum absolute atomic E-state index is 0.212. The number of halogens is 1. The Balaban J connectivity index is 1.59. The molecule has 1 aliphatic rings. The summed E-state index contributed by atoms with van der Waals surface area (Å²) in [7, 11) is 0. The van der Waals surface area contributed by atoms with Gasteiger partial charge in [-0.1, -0.05) is 23.7 Å². The van der Waals surface area contributed by atoms with Gasteiger partial charge in [0.1, 0.15) is 24.0 Å². The van der Waals surface area contributed by atoms with Gasteiger partial charge in [0, 0.05) is 37.7 Å². The fourth-order valence-corrected chi connectivity index (χ4v) is 2.72. The van der Waals surface area contributed by atoms with E-state index in [1.807, 2.05) is 37.3 Å². The number of rotatable bonds is 3. The molecule has 1 aliphatic heterocycles. The van der Waals surface area contributed by atoms with Crippen LogP contribution in [0.1, 0.15) is 18.5 Å². The van der Waals surface area contributed by atoms with Gasteiger partial charge < -0.3 is 9.64 Å². The summed E-state index contributed by atoms with van der Waals surface area (Å²) in [6.45, 7) is 3.86. The molecule has 2 heterocycles. The number of hydrogen-bond donors (Lipinski definition) is 0. The van der Waals surface area contributed by atoms with Crippen molar-refractivity contribution in [1.29, 1.82) is 0 Å². The molecule has 1 aromatic carbocycles. The van der Waals surface area contributed by atoms with Crippen molar-refractivity contribution in [3.05, 3.63) is 47.4 Å². The van der Waals surface area contributed by atoms with E-state index in [9.17, 15) is 0 Å². The Morgan fingerprint density at radius 1 is 1.19 bits per heavy atom. The summed E-state index contributed by atoms with van der Waals surface area (Å²) in [5.41, 5.74) is 0.995. The van der Waals surface area contributed by atoms with Crippen LogP contribution in [0, 0.1) is 6.92 Å². The van der Waals surface area contributed by atoms with Gasteiger partial charge in [-0.3, -0.25) is 0 Å². The van der Waals surface area contributed by atoms with Gasteiger partial charge in [0.2, 0.25) is 0 Å². The summed E-state index contributed by atoms with van der Waals surface area (Å²) >= 11 is 6.13. The van der Waals surface area contributed by atoms with Crippen LogP contribution in [0.3, 0.4) is 0 Å². The van der Waals surface area contributed by atoms with Gasteiger partial charge in [-0.15, -0.1) is 0 Å². The van der Waals surface area contributed by atoms with Gasteiger partial charge in [-0.05, 0) is 19.1 Å². The highest BCUT2D eigenvalue weighted by molar-refractivity contribution is 6.32. The van der Waals surface area contributed by atoms with Crippen molar-refractivity contribution in [3.8, 4) is 5.75 Å². The summed E-state index contributed by atoms with van der Waals surface area (Å²) in [6.07, 6.45) is 3.77. The van der Waals surface area contributed by atoms with E-state index in [4.69, 9.17) is 16.3 Å². The van der Waals surface area contributed by atoms with E-state index in [1.165, 1.54) is 0 Å². The van der Waals surface area contributed by atoms with Gasteiger partial charge in [-0.25, -0.2) is 9.97 Å². The SMILES string of the molecule is Cc1cc(N2CCC(Oc3ccccc3Cl)CC2)ncn1. The number of para-hydroxylation sites is 1. The van der Waals surface area contributed by atoms with Crippen molar-refractivity contribution < 1.29 is 4.74 Å². The molecular weight excluding hydrogens is 286 g/mol. The summed E-state index contributed by atoms with van der Waals surface area (Å²) in [5, 5.41) is 0.673. The quantitative estimate of drug-likeness (QED) is 0.870. The third-order valence-electron chi connectivity index (χ3n) is 3.69. The molecule has 1 fully saturated rings. The minimum atomic E-state index is 0.212. The van der Waals surface area contributed by atoms with E-state index in [0.717, 1.165) is 43.2 Å². The predicted molar refractivity (Wildman–Crippen MR) is 84.1 cm³/mol. The number of piperidine rings is 1. The van der Waals surface area contributed by atoms with Crippen LogP contribution in [-0.4, -0.2) is 29.2 Å². The van der Waals surface area contributed by atoms with Crippen molar-refractivity contribution in [2.24, 2.45) is 0 Å². The lowest BCUT2D eigenvalue weighted by Gasteiger charge is -2.33. The van der Waals surface area contributed by atoms with Crippen LogP contribution in [0.4, 0.5) is 5.82 Å². The van der Waals surface area contributed by atoms with Crippen molar-refractivity contribution in [2.75, 3.05) is 18.0 Å². The average Bonchev–Trinajstić information content (AvgIpc) is 2.50. The molecule has 0 atom stereocenters. The van der Waals surface area contributed by atoms with E-state index in [0.29, 0.717) is 5.02 Å². The topological polar surface area (TPSA) is 38.2 Å². The van der Waals surface area contributed by atoms with Crippen molar-refractivity contribution >= 4 is 17.4 Å². The molecule has 0 bridgehead atoms. The van der Waals surface area contributed by atoms with E-state index >= 15 is 0 Å². The third kappa shape index (κ3) is 3.45. The van der Waals surface area contributed by atoms with Crippen molar-refractivity contribution in [1.82, 2.24) is 9.97 Å². The minimum Gasteiger partial charge on any atom is -0.489 e. The number of anilines is 1. The van der Waals surface area contributed by atoms with Crippen LogP contribution in [0.5, 0.6) is 5.75 Å². The van der Waals surface area contributed by atoms with Gasteiger partial charge in [-0.2, -0.15) is 0 Å². The van der Waals surface area contributed by atoms with Crippen molar-refractivity contribution in [2.45, 2.75) is 25.9 Å². The van der Waals surface area contributed by atoms with Gasteiger partial charge in [0.15, 0.2) is 0 Å². The number of aromatic nitrogens is 2. The lowest BCUT2D eigenvalue weighted by atomic mass is 10.1. The second-order valence-electron chi connectivity index (χ2n) is 5.25. The zero-order chi connectivity index (χ0) is 14.7. The zero-order valence-electron chi connectivity index (χ0n) is 12.0. The maximum absolute atomic E-state index is 6.13. The number of hydrogen-bond acceptors (Lipinski definition) is 4. The van der Waals surface area contributed by atoms with E-state index in [2.05, 4.69) is 14.9 Å². The second-order valence-corrected chi connectivity index (χ2v) is 5.66. The van der Waals surface area contributed by atoms with E-state index in [-0.39, 0.29) is 6.10 Å². The van der Waals surface area contributed by atoms with Crippen LogP contribution in [-0.2, 0) is 0 Å². The molecule has 2 aromatic rings. The summed E-state index contributed by atoms with van der Waals surface area (Å²) in [5.74, 6) is 1.77. The summed E-state index contributed by atoms with van der Waals surface area (Å²) < 4.78 is 6.00. The standard InChI is InChI=1S/C16H18ClN3O/c1-12-10-16(19-11-18-12)20-8-6-13(7-9-20)21-15-5-3-2-4-14(15)17/h2-5,10-11,13H,6-9H2,1H3. The average molecular weight is 304 g/mol. The van der Waals surface area contributed by atoms with Crippen molar-refractivity contribution in [3.63, 3.8) is 0 Å². The Morgan fingerprint density at radius 3 is 2.67 bits per heavy atom.